The molecule has 2 aromatic carbocycles. The van der Waals surface area contributed by atoms with Gasteiger partial charge < -0.3 is 0 Å². The van der Waals surface area contributed by atoms with Crippen LogP contribution in [-0.2, 0) is 0 Å². The van der Waals surface area contributed by atoms with Gasteiger partial charge in [0, 0.05) is 5.02 Å². The van der Waals surface area contributed by atoms with Crippen molar-refractivity contribution in [3.63, 3.8) is 0 Å². The Hall–Kier alpha value is -0.860. The number of aryl methyl sites for hydroxylation is 3. The van der Waals surface area contributed by atoms with Crippen LogP contribution in [0.1, 0.15) is 32.6 Å². The summed E-state index contributed by atoms with van der Waals surface area (Å²) >= 11 is 9.99. The minimum Gasteiger partial charge on any atom is -0.207 e. The molecule has 2 aromatic rings. The smallest absolute Gasteiger partial charge is 0.123 e. The molecule has 100 valence electrons. The number of alkyl halides is 1. The third kappa shape index (κ3) is 3.01. The van der Waals surface area contributed by atoms with Crippen LogP contribution in [0.3, 0.4) is 0 Å². The van der Waals surface area contributed by atoms with Crippen LogP contribution in [0.4, 0.5) is 4.39 Å². The van der Waals surface area contributed by atoms with Crippen molar-refractivity contribution in [2.24, 2.45) is 0 Å². The van der Waals surface area contributed by atoms with Crippen molar-refractivity contribution in [3.05, 3.63) is 69.0 Å². The second-order valence-electron chi connectivity index (χ2n) is 4.84. The van der Waals surface area contributed by atoms with Gasteiger partial charge in [-0.25, -0.2) is 4.39 Å². The molecular formula is C16H15BrClF. The van der Waals surface area contributed by atoms with Crippen molar-refractivity contribution in [2.75, 3.05) is 0 Å². The predicted octanol–water partition coefficient (Wildman–Crippen LogP) is 5.89. The molecule has 0 spiro atoms. The number of halogens is 3. The van der Waals surface area contributed by atoms with E-state index in [1.165, 1.54) is 0 Å². The lowest BCUT2D eigenvalue weighted by molar-refractivity contribution is 0.624. The molecule has 0 amide bonds. The van der Waals surface area contributed by atoms with E-state index in [1.807, 2.05) is 39.0 Å². The summed E-state index contributed by atoms with van der Waals surface area (Å²) in [6.45, 7) is 5.84. The van der Waals surface area contributed by atoms with Crippen LogP contribution in [0.15, 0.2) is 30.3 Å². The van der Waals surface area contributed by atoms with E-state index in [1.54, 1.807) is 12.1 Å². The first kappa shape index (κ1) is 14.5. The topological polar surface area (TPSA) is 0 Å². The van der Waals surface area contributed by atoms with Gasteiger partial charge in [-0.05, 0) is 66.8 Å². The molecule has 0 aromatic heterocycles. The SMILES string of the molecule is Cc1ccc(C(Br)c2c(C)cc(F)cc2C)c(Cl)c1. The van der Waals surface area contributed by atoms with E-state index < -0.39 is 0 Å². The predicted molar refractivity (Wildman–Crippen MR) is 82.8 cm³/mol. The summed E-state index contributed by atoms with van der Waals surface area (Å²) in [6.07, 6.45) is 0. The van der Waals surface area contributed by atoms with Gasteiger partial charge in [0.15, 0.2) is 0 Å². The number of hydrogen-bond donors (Lipinski definition) is 0. The van der Waals surface area contributed by atoms with Crippen molar-refractivity contribution < 1.29 is 4.39 Å². The van der Waals surface area contributed by atoms with Crippen molar-refractivity contribution >= 4 is 27.5 Å². The lowest BCUT2D eigenvalue weighted by Crippen LogP contribution is -2.01. The van der Waals surface area contributed by atoms with Crippen LogP contribution < -0.4 is 0 Å². The molecule has 1 atom stereocenters. The highest BCUT2D eigenvalue weighted by Gasteiger charge is 2.18. The largest absolute Gasteiger partial charge is 0.207 e. The molecule has 19 heavy (non-hydrogen) atoms. The molecule has 0 nitrogen and oxygen atoms in total. The standard InChI is InChI=1S/C16H15BrClF/c1-9-4-5-13(14(18)6-9)16(17)15-10(2)7-12(19)8-11(15)3/h4-8,16H,1-3H3. The molecular weight excluding hydrogens is 327 g/mol. The monoisotopic (exact) mass is 340 g/mol. The first-order valence-corrected chi connectivity index (χ1v) is 7.36. The van der Waals surface area contributed by atoms with E-state index in [0.717, 1.165) is 32.8 Å². The Balaban J connectivity index is 2.53. The lowest BCUT2D eigenvalue weighted by Gasteiger charge is -2.18. The van der Waals surface area contributed by atoms with Gasteiger partial charge in [0.1, 0.15) is 5.82 Å². The van der Waals surface area contributed by atoms with Gasteiger partial charge in [0.25, 0.3) is 0 Å². The molecule has 3 heteroatoms. The second kappa shape index (κ2) is 5.64. The molecule has 0 aliphatic carbocycles. The maximum Gasteiger partial charge on any atom is 0.123 e. The van der Waals surface area contributed by atoms with Gasteiger partial charge in [-0.2, -0.15) is 0 Å². The Morgan fingerprint density at radius 2 is 1.63 bits per heavy atom. The van der Waals surface area contributed by atoms with Gasteiger partial charge in [-0.3, -0.25) is 0 Å². The Labute approximate surface area is 126 Å². The van der Waals surface area contributed by atoms with Gasteiger partial charge in [-0.1, -0.05) is 39.7 Å². The lowest BCUT2D eigenvalue weighted by atomic mass is 9.95. The normalized spacial score (nSPS) is 12.5. The molecule has 0 saturated carbocycles. The molecule has 2 rings (SSSR count). The van der Waals surface area contributed by atoms with Gasteiger partial charge in [-0.15, -0.1) is 0 Å². The fraction of sp³-hybridized carbons (Fsp3) is 0.250. The Morgan fingerprint density at radius 3 is 2.16 bits per heavy atom. The van der Waals surface area contributed by atoms with Crippen LogP contribution >= 0.6 is 27.5 Å². The zero-order valence-corrected chi connectivity index (χ0v) is 13.4. The summed E-state index contributed by atoms with van der Waals surface area (Å²) in [5.74, 6) is -0.201. The molecule has 0 aliphatic rings. The molecule has 0 radical (unpaired) electrons. The Morgan fingerprint density at radius 1 is 1.05 bits per heavy atom. The highest BCUT2D eigenvalue weighted by atomic mass is 79.9. The van der Waals surface area contributed by atoms with E-state index in [9.17, 15) is 4.39 Å². The van der Waals surface area contributed by atoms with E-state index in [0.29, 0.717) is 0 Å². The van der Waals surface area contributed by atoms with E-state index in [-0.39, 0.29) is 10.6 Å². The average molecular weight is 342 g/mol. The average Bonchev–Trinajstić information content (AvgIpc) is 2.26. The van der Waals surface area contributed by atoms with Crippen LogP contribution in [0.25, 0.3) is 0 Å². The maximum absolute atomic E-state index is 13.4. The first-order valence-electron chi connectivity index (χ1n) is 6.07. The fourth-order valence-electron chi connectivity index (χ4n) is 2.31. The zero-order chi connectivity index (χ0) is 14.2. The van der Waals surface area contributed by atoms with Crippen molar-refractivity contribution in [1.82, 2.24) is 0 Å². The Bertz CT molecular complexity index is 599. The quantitative estimate of drug-likeness (QED) is 0.598. The molecule has 0 heterocycles. The summed E-state index contributed by atoms with van der Waals surface area (Å²) in [5.41, 5.74) is 5.06. The van der Waals surface area contributed by atoms with Crippen LogP contribution in [0.5, 0.6) is 0 Å². The highest BCUT2D eigenvalue weighted by Crippen LogP contribution is 2.38. The third-order valence-corrected chi connectivity index (χ3v) is 4.52. The second-order valence-corrected chi connectivity index (χ2v) is 6.16. The van der Waals surface area contributed by atoms with E-state index in [4.69, 9.17) is 11.6 Å². The van der Waals surface area contributed by atoms with Crippen LogP contribution in [0, 0.1) is 26.6 Å². The summed E-state index contributed by atoms with van der Waals surface area (Å²) < 4.78 is 13.4. The van der Waals surface area contributed by atoms with Crippen molar-refractivity contribution in [2.45, 2.75) is 25.6 Å². The van der Waals surface area contributed by atoms with Crippen LogP contribution in [0.2, 0.25) is 5.02 Å². The molecule has 0 bridgehead atoms. The van der Waals surface area contributed by atoms with Gasteiger partial charge >= 0.3 is 0 Å². The fourth-order valence-corrected chi connectivity index (χ4v) is 3.91. The number of benzene rings is 2. The number of hydrogen-bond acceptors (Lipinski definition) is 0. The van der Waals surface area contributed by atoms with E-state index >= 15 is 0 Å². The molecule has 0 fully saturated rings. The molecule has 0 aliphatic heterocycles. The third-order valence-electron chi connectivity index (χ3n) is 3.24. The van der Waals surface area contributed by atoms with E-state index in [2.05, 4.69) is 15.9 Å². The minimum absolute atomic E-state index is 0.0267. The number of rotatable bonds is 2. The zero-order valence-electron chi connectivity index (χ0n) is 11.1. The summed E-state index contributed by atoms with van der Waals surface area (Å²) in [7, 11) is 0. The van der Waals surface area contributed by atoms with Crippen molar-refractivity contribution in [3.8, 4) is 0 Å². The Kier molecular flexibility index (Phi) is 4.32. The molecule has 0 saturated heterocycles. The summed E-state index contributed by atoms with van der Waals surface area (Å²) in [6, 6.07) is 9.10. The minimum atomic E-state index is -0.201. The maximum atomic E-state index is 13.4. The van der Waals surface area contributed by atoms with Crippen molar-refractivity contribution in [1.29, 1.82) is 0 Å². The summed E-state index contributed by atoms with van der Waals surface area (Å²) in [5, 5.41) is 0.727. The highest BCUT2D eigenvalue weighted by molar-refractivity contribution is 9.09. The molecule has 1 unspecified atom stereocenters. The van der Waals surface area contributed by atoms with Gasteiger partial charge in [0.2, 0.25) is 0 Å². The van der Waals surface area contributed by atoms with Gasteiger partial charge in [0.05, 0.1) is 4.83 Å². The molecule has 0 N–H and O–H groups in total. The van der Waals surface area contributed by atoms with Crippen LogP contribution in [-0.4, -0.2) is 0 Å². The summed E-state index contributed by atoms with van der Waals surface area (Å²) in [4.78, 5) is -0.0267. The first-order chi connectivity index (χ1) is 8.90.